The molecule has 2 N–H and O–H groups in total. The number of hydrogen-bond acceptors (Lipinski definition) is 5. The van der Waals surface area contributed by atoms with Crippen molar-refractivity contribution >= 4 is 37.4 Å². The summed E-state index contributed by atoms with van der Waals surface area (Å²) in [6.07, 6.45) is -0.256. The summed E-state index contributed by atoms with van der Waals surface area (Å²) in [6.45, 7) is -0.0841. The Balaban J connectivity index is 2.50. The number of sulfonamides is 1. The molecule has 22 heavy (non-hydrogen) atoms. The van der Waals surface area contributed by atoms with E-state index < -0.39 is 25.8 Å². The molecule has 0 aliphatic heterocycles. The largest absolute Gasteiger partial charge is 0.355 e. The third-order valence-electron chi connectivity index (χ3n) is 2.76. The maximum atomic E-state index is 12.0. The highest BCUT2D eigenvalue weighted by molar-refractivity contribution is 7.91. The maximum absolute atomic E-state index is 12.0. The number of hydrogen-bond donors (Lipinski definition) is 2. The molecule has 0 spiro atoms. The summed E-state index contributed by atoms with van der Waals surface area (Å²) in [5.74, 6) is -1.18. The Morgan fingerprint density at radius 1 is 1.18 bits per heavy atom. The molecule has 0 bridgehead atoms. The summed E-state index contributed by atoms with van der Waals surface area (Å²) in [6, 6.07) is 5.78. The van der Waals surface area contributed by atoms with E-state index in [9.17, 15) is 21.6 Å². The molecule has 0 aromatic heterocycles. The second-order valence-electron chi connectivity index (χ2n) is 4.40. The van der Waals surface area contributed by atoms with Crippen LogP contribution in [0.3, 0.4) is 0 Å². The predicted octanol–water partition coefficient (Wildman–Crippen LogP) is 0.169. The first kappa shape index (κ1) is 18.9. The van der Waals surface area contributed by atoms with Crippen LogP contribution in [-0.4, -0.2) is 47.8 Å². The van der Waals surface area contributed by atoms with Crippen LogP contribution in [0.2, 0.25) is 5.02 Å². The molecule has 0 saturated heterocycles. The number of nitrogens with one attached hydrogen (secondary N) is 2. The van der Waals surface area contributed by atoms with E-state index in [1.54, 1.807) is 6.07 Å². The Hall–Kier alpha value is -1.16. The minimum Gasteiger partial charge on any atom is -0.355 e. The third kappa shape index (κ3) is 6.30. The minimum atomic E-state index is -3.61. The molecule has 1 amide bonds. The molecule has 1 aromatic carbocycles. The summed E-state index contributed by atoms with van der Waals surface area (Å²) in [5.41, 5.74) is 0. The van der Waals surface area contributed by atoms with Crippen molar-refractivity contribution in [1.29, 1.82) is 0 Å². The van der Waals surface area contributed by atoms with Crippen LogP contribution in [0.4, 0.5) is 0 Å². The number of amides is 1. The van der Waals surface area contributed by atoms with Gasteiger partial charge in [-0.15, -0.1) is 0 Å². The van der Waals surface area contributed by atoms with Gasteiger partial charge in [0.25, 0.3) is 0 Å². The molecule has 0 heterocycles. The zero-order chi connectivity index (χ0) is 16.8. The number of halogens is 1. The highest BCUT2D eigenvalue weighted by atomic mass is 35.5. The number of carbonyl (C=O) groups excluding carboxylic acids is 1. The topological polar surface area (TPSA) is 109 Å². The van der Waals surface area contributed by atoms with Gasteiger partial charge in [0.05, 0.1) is 16.4 Å². The van der Waals surface area contributed by atoms with Gasteiger partial charge in [0.2, 0.25) is 15.9 Å². The standard InChI is InChI=1S/C12H17ClN2O5S2/c1-14-22(19,20)8-6-15-12(16)5-7-21(17,18)11-4-2-3-10(13)9-11/h2-4,9,14H,5-8H2,1H3,(H,15,16). The molecule has 0 saturated carbocycles. The smallest absolute Gasteiger partial charge is 0.221 e. The SMILES string of the molecule is CNS(=O)(=O)CCNC(=O)CCS(=O)(=O)c1cccc(Cl)c1. The Morgan fingerprint density at radius 2 is 1.86 bits per heavy atom. The highest BCUT2D eigenvalue weighted by Gasteiger charge is 2.17. The van der Waals surface area contributed by atoms with Crippen LogP contribution in [0.25, 0.3) is 0 Å². The fourth-order valence-corrected chi connectivity index (χ4v) is 3.63. The van der Waals surface area contributed by atoms with Crippen LogP contribution < -0.4 is 10.0 Å². The lowest BCUT2D eigenvalue weighted by atomic mass is 10.4. The molecule has 0 fully saturated rings. The van der Waals surface area contributed by atoms with Crippen molar-refractivity contribution in [1.82, 2.24) is 10.0 Å². The van der Waals surface area contributed by atoms with Crippen molar-refractivity contribution in [2.45, 2.75) is 11.3 Å². The number of rotatable bonds is 8. The quantitative estimate of drug-likeness (QED) is 0.679. The van der Waals surface area contributed by atoms with Gasteiger partial charge in [-0.1, -0.05) is 17.7 Å². The molecule has 0 atom stereocenters. The zero-order valence-corrected chi connectivity index (χ0v) is 14.3. The second kappa shape index (κ2) is 7.91. The Labute approximate surface area is 135 Å². The third-order valence-corrected chi connectivity index (χ3v) is 6.07. The van der Waals surface area contributed by atoms with E-state index in [2.05, 4.69) is 10.0 Å². The molecular weight excluding hydrogens is 352 g/mol. The fraction of sp³-hybridized carbons (Fsp3) is 0.417. The molecule has 0 aliphatic rings. The maximum Gasteiger partial charge on any atom is 0.221 e. The molecule has 1 rings (SSSR count). The molecular formula is C12H17ClN2O5S2. The van der Waals surface area contributed by atoms with E-state index in [4.69, 9.17) is 11.6 Å². The zero-order valence-electron chi connectivity index (χ0n) is 11.9. The van der Waals surface area contributed by atoms with Gasteiger partial charge in [0.15, 0.2) is 9.84 Å². The summed E-state index contributed by atoms with van der Waals surface area (Å²) in [7, 11) is -5.74. The van der Waals surface area contributed by atoms with E-state index in [1.807, 2.05) is 0 Å². The van der Waals surface area contributed by atoms with E-state index in [0.29, 0.717) is 5.02 Å². The molecule has 1 aromatic rings. The van der Waals surface area contributed by atoms with Gasteiger partial charge in [-0.3, -0.25) is 4.79 Å². The molecule has 0 unspecified atom stereocenters. The molecule has 124 valence electrons. The number of sulfone groups is 1. The van der Waals surface area contributed by atoms with Crippen molar-refractivity contribution < 1.29 is 21.6 Å². The Morgan fingerprint density at radius 3 is 2.45 bits per heavy atom. The van der Waals surface area contributed by atoms with Crippen molar-refractivity contribution in [2.75, 3.05) is 25.1 Å². The van der Waals surface area contributed by atoms with Crippen molar-refractivity contribution in [3.05, 3.63) is 29.3 Å². The van der Waals surface area contributed by atoms with Crippen LogP contribution >= 0.6 is 11.6 Å². The van der Waals surface area contributed by atoms with Gasteiger partial charge >= 0.3 is 0 Å². The van der Waals surface area contributed by atoms with E-state index >= 15 is 0 Å². The second-order valence-corrected chi connectivity index (χ2v) is 8.99. The lowest BCUT2D eigenvalue weighted by Gasteiger charge is -2.07. The van der Waals surface area contributed by atoms with Crippen LogP contribution in [0, 0.1) is 0 Å². The monoisotopic (exact) mass is 368 g/mol. The molecule has 0 radical (unpaired) electrons. The first-order chi connectivity index (χ1) is 10.2. The summed E-state index contributed by atoms with van der Waals surface area (Å²) >= 11 is 5.73. The van der Waals surface area contributed by atoms with Crippen LogP contribution in [0.5, 0.6) is 0 Å². The summed E-state index contributed by atoms with van der Waals surface area (Å²) in [4.78, 5) is 11.6. The van der Waals surface area contributed by atoms with Gasteiger partial charge in [0.1, 0.15) is 0 Å². The van der Waals surface area contributed by atoms with E-state index in [0.717, 1.165) is 0 Å². The summed E-state index contributed by atoms with van der Waals surface area (Å²) in [5, 5.41) is 2.65. The van der Waals surface area contributed by atoms with Crippen LogP contribution in [0.1, 0.15) is 6.42 Å². The first-order valence-electron chi connectivity index (χ1n) is 6.32. The summed E-state index contributed by atoms with van der Waals surface area (Å²) < 4.78 is 48.4. The minimum absolute atomic E-state index is 0.0468. The lowest BCUT2D eigenvalue weighted by molar-refractivity contribution is -0.120. The predicted molar refractivity (Wildman–Crippen MR) is 84.0 cm³/mol. The van der Waals surface area contributed by atoms with E-state index in [1.165, 1.54) is 25.2 Å². The van der Waals surface area contributed by atoms with Crippen molar-refractivity contribution in [3.8, 4) is 0 Å². The average molecular weight is 369 g/mol. The van der Waals surface area contributed by atoms with Crippen LogP contribution in [-0.2, 0) is 24.7 Å². The highest BCUT2D eigenvalue weighted by Crippen LogP contribution is 2.17. The number of benzene rings is 1. The van der Waals surface area contributed by atoms with Gasteiger partial charge in [-0.05, 0) is 25.2 Å². The van der Waals surface area contributed by atoms with E-state index in [-0.39, 0.29) is 29.4 Å². The molecule has 0 aliphatic carbocycles. The molecule has 10 heteroatoms. The van der Waals surface area contributed by atoms with Crippen molar-refractivity contribution in [3.63, 3.8) is 0 Å². The number of carbonyl (C=O) groups is 1. The lowest BCUT2D eigenvalue weighted by Crippen LogP contribution is -2.33. The van der Waals surface area contributed by atoms with Gasteiger partial charge in [0, 0.05) is 18.0 Å². The normalized spacial score (nSPS) is 12.1. The Bertz CT molecular complexity index is 732. The van der Waals surface area contributed by atoms with Gasteiger partial charge < -0.3 is 5.32 Å². The van der Waals surface area contributed by atoms with Crippen LogP contribution in [0.15, 0.2) is 29.2 Å². The van der Waals surface area contributed by atoms with Crippen molar-refractivity contribution in [2.24, 2.45) is 0 Å². The molecule has 7 nitrogen and oxygen atoms in total. The average Bonchev–Trinajstić information content (AvgIpc) is 2.45. The first-order valence-corrected chi connectivity index (χ1v) is 10.0. The Kier molecular flexibility index (Phi) is 6.79. The van der Waals surface area contributed by atoms with Gasteiger partial charge in [-0.25, -0.2) is 21.6 Å². The van der Waals surface area contributed by atoms with Gasteiger partial charge in [-0.2, -0.15) is 0 Å². The fourth-order valence-electron chi connectivity index (χ4n) is 1.52.